The number of hydrogen-bond donors (Lipinski definition) is 2. The van der Waals surface area contributed by atoms with E-state index < -0.39 is 11.7 Å². The standard InChI is InChI=1S/C19H26ClN7O4/c1-5-27-11-10-12(29-9-7-6-8-22-18(28)30-19(2,3)4)23-15(20)13(11)24-17(27)14-16(21)26-31-25-14/h10H,5-9H2,1-4H3,(H2,21,26)(H,22,28). The summed E-state index contributed by atoms with van der Waals surface area (Å²) < 4.78 is 17.5. The number of nitrogens with one attached hydrogen (secondary N) is 1. The molecule has 3 aromatic heterocycles. The predicted octanol–water partition coefficient (Wildman–Crippen LogP) is 3.42. The molecule has 0 fully saturated rings. The van der Waals surface area contributed by atoms with Gasteiger partial charge in [-0.25, -0.2) is 14.4 Å². The van der Waals surface area contributed by atoms with E-state index in [2.05, 4.69) is 30.2 Å². The number of imidazole rings is 1. The van der Waals surface area contributed by atoms with Gasteiger partial charge in [0.25, 0.3) is 0 Å². The summed E-state index contributed by atoms with van der Waals surface area (Å²) in [4.78, 5) is 20.4. The lowest BCUT2D eigenvalue weighted by atomic mass is 10.2. The number of halogens is 1. The van der Waals surface area contributed by atoms with Crippen LogP contribution in [0.25, 0.3) is 22.6 Å². The van der Waals surface area contributed by atoms with E-state index in [1.807, 2.05) is 32.3 Å². The van der Waals surface area contributed by atoms with Gasteiger partial charge in [0, 0.05) is 19.2 Å². The molecule has 0 spiro atoms. The van der Waals surface area contributed by atoms with Gasteiger partial charge >= 0.3 is 6.09 Å². The first kappa shape index (κ1) is 22.6. The molecule has 0 aliphatic carbocycles. The van der Waals surface area contributed by atoms with Crippen molar-refractivity contribution in [3.63, 3.8) is 0 Å². The van der Waals surface area contributed by atoms with Gasteiger partial charge in [-0.2, -0.15) is 4.98 Å². The maximum atomic E-state index is 11.6. The molecule has 168 valence electrons. The lowest BCUT2D eigenvalue weighted by molar-refractivity contribution is 0.0526. The van der Waals surface area contributed by atoms with Crippen molar-refractivity contribution in [2.45, 2.75) is 52.7 Å². The number of unbranched alkanes of at least 4 members (excludes halogenated alkanes) is 1. The number of rotatable bonds is 8. The average Bonchev–Trinajstić information content (AvgIpc) is 3.26. The summed E-state index contributed by atoms with van der Waals surface area (Å²) >= 11 is 6.34. The highest BCUT2D eigenvalue weighted by Gasteiger charge is 2.21. The van der Waals surface area contributed by atoms with E-state index in [1.165, 1.54) is 0 Å². The number of alkyl carbamates (subject to hydrolysis) is 1. The van der Waals surface area contributed by atoms with Crippen LogP contribution in [0.2, 0.25) is 5.15 Å². The summed E-state index contributed by atoms with van der Waals surface area (Å²) in [5.74, 6) is 1.01. The van der Waals surface area contributed by atoms with E-state index in [0.717, 1.165) is 11.9 Å². The molecule has 3 aromatic rings. The zero-order valence-electron chi connectivity index (χ0n) is 17.9. The Hall–Kier alpha value is -3.08. The Balaban J connectivity index is 1.61. The van der Waals surface area contributed by atoms with Crippen LogP contribution in [0.4, 0.5) is 10.6 Å². The number of aromatic nitrogens is 5. The largest absolute Gasteiger partial charge is 0.478 e. The van der Waals surface area contributed by atoms with Crippen LogP contribution in [0.5, 0.6) is 5.88 Å². The fraction of sp³-hybridized carbons (Fsp3) is 0.526. The predicted molar refractivity (Wildman–Crippen MR) is 115 cm³/mol. The molecular formula is C19H26ClN7O4. The molecule has 0 saturated heterocycles. The van der Waals surface area contributed by atoms with Crippen LogP contribution in [0.15, 0.2) is 10.7 Å². The van der Waals surface area contributed by atoms with E-state index >= 15 is 0 Å². The Kier molecular flexibility index (Phi) is 6.84. The lowest BCUT2D eigenvalue weighted by Gasteiger charge is -2.19. The second-order valence-electron chi connectivity index (χ2n) is 7.78. The summed E-state index contributed by atoms with van der Waals surface area (Å²) in [6, 6.07) is 1.77. The normalized spacial score (nSPS) is 11.6. The third kappa shape index (κ3) is 5.54. The van der Waals surface area contributed by atoms with Gasteiger partial charge in [0.1, 0.15) is 11.1 Å². The second kappa shape index (κ2) is 9.38. The molecule has 3 N–H and O–H groups in total. The number of nitrogen functional groups attached to an aromatic ring is 1. The summed E-state index contributed by atoms with van der Waals surface area (Å²) in [7, 11) is 0. The highest BCUT2D eigenvalue weighted by molar-refractivity contribution is 6.33. The SMILES string of the molecule is CCn1c(-c2nonc2N)nc2c(Cl)nc(OCCCCNC(=O)OC(C)(C)C)cc21. The fourth-order valence-electron chi connectivity index (χ4n) is 2.90. The Bertz CT molecular complexity index is 1060. The van der Waals surface area contributed by atoms with E-state index in [4.69, 9.17) is 26.8 Å². The third-order valence-electron chi connectivity index (χ3n) is 4.20. The van der Waals surface area contributed by atoms with E-state index in [0.29, 0.717) is 49.0 Å². The molecule has 11 nitrogen and oxygen atoms in total. The Morgan fingerprint density at radius 3 is 2.71 bits per heavy atom. The van der Waals surface area contributed by atoms with E-state index in [-0.39, 0.29) is 11.0 Å². The van der Waals surface area contributed by atoms with Crippen molar-refractivity contribution in [1.82, 2.24) is 30.2 Å². The molecule has 0 unspecified atom stereocenters. The molecule has 0 bridgehead atoms. The molecule has 0 aliphatic heterocycles. The molecular weight excluding hydrogens is 426 g/mol. The first-order valence-corrected chi connectivity index (χ1v) is 10.3. The van der Waals surface area contributed by atoms with Crippen molar-refractivity contribution in [3.05, 3.63) is 11.2 Å². The summed E-state index contributed by atoms with van der Waals surface area (Å²) in [5, 5.41) is 10.4. The molecule has 3 heterocycles. The second-order valence-corrected chi connectivity index (χ2v) is 8.14. The minimum Gasteiger partial charge on any atom is -0.478 e. The van der Waals surface area contributed by atoms with Gasteiger partial charge in [0.2, 0.25) is 5.88 Å². The van der Waals surface area contributed by atoms with Gasteiger partial charge < -0.3 is 25.1 Å². The zero-order chi connectivity index (χ0) is 22.6. The van der Waals surface area contributed by atoms with Crippen LogP contribution in [0, 0.1) is 0 Å². The number of carbonyl (C=O) groups is 1. The monoisotopic (exact) mass is 451 g/mol. The lowest BCUT2D eigenvalue weighted by Crippen LogP contribution is -2.33. The number of ether oxygens (including phenoxy) is 2. The van der Waals surface area contributed by atoms with Gasteiger partial charge in [-0.1, -0.05) is 11.6 Å². The van der Waals surface area contributed by atoms with Gasteiger partial charge in [0.15, 0.2) is 22.5 Å². The Morgan fingerprint density at radius 2 is 2.06 bits per heavy atom. The molecule has 0 aliphatic rings. The number of carbonyl (C=O) groups excluding carboxylic acids is 1. The Morgan fingerprint density at radius 1 is 1.29 bits per heavy atom. The minimum atomic E-state index is -0.516. The smallest absolute Gasteiger partial charge is 0.407 e. The molecule has 0 atom stereocenters. The van der Waals surface area contributed by atoms with Crippen molar-refractivity contribution in [2.24, 2.45) is 0 Å². The van der Waals surface area contributed by atoms with Gasteiger partial charge in [-0.3, -0.25) is 0 Å². The van der Waals surface area contributed by atoms with Crippen LogP contribution < -0.4 is 15.8 Å². The van der Waals surface area contributed by atoms with E-state index in [9.17, 15) is 4.79 Å². The van der Waals surface area contributed by atoms with Crippen molar-refractivity contribution in [3.8, 4) is 17.4 Å². The van der Waals surface area contributed by atoms with E-state index in [1.54, 1.807) is 6.07 Å². The number of pyridine rings is 1. The van der Waals surface area contributed by atoms with Crippen LogP contribution in [-0.4, -0.2) is 49.7 Å². The van der Waals surface area contributed by atoms with Crippen LogP contribution >= 0.6 is 11.6 Å². The van der Waals surface area contributed by atoms with Crippen LogP contribution in [-0.2, 0) is 11.3 Å². The molecule has 1 amide bonds. The van der Waals surface area contributed by atoms with Crippen molar-refractivity contribution >= 4 is 34.5 Å². The molecule has 12 heteroatoms. The number of amides is 1. The fourth-order valence-corrected chi connectivity index (χ4v) is 3.12. The highest BCUT2D eigenvalue weighted by Crippen LogP contribution is 2.31. The maximum Gasteiger partial charge on any atom is 0.407 e. The van der Waals surface area contributed by atoms with Gasteiger partial charge in [-0.15, -0.1) is 0 Å². The van der Waals surface area contributed by atoms with Gasteiger partial charge in [0.05, 0.1) is 12.1 Å². The minimum absolute atomic E-state index is 0.144. The summed E-state index contributed by atoms with van der Waals surface area (Å²) in [5.41, 5.74) is 6.88. The topological polar surface area (TPSA) is 143 Å². The third-order valence-corrected chi connectivity index (χ3v) is 4.47. The van der Waals surface area contributed by atoms with Crippen LogP contribution in [0.1, 0.15) is 40.5 Å². The number of anilines is 1. The number of fused-ring (bicyclic) bond motifs is 1. The molecule has 0 radical (unpaired) electrons. The molecule has 3 rings (SSSR count). The molecule has 31 heavy (non-hydrogen) atoms. The maximum absolute atomic E-state index is 11.6. The quantitative estimate of drug-likeness (QED) is 0.388. The Labute approximate surface area is 184 Å². The van der Waals surface area contributed by atoms with Crippen molar-refractivity contribution < 1.29 is 18.9 Å². The molecule has 0 aromatic carbocycles. The van der Waals surface area contributed by atoms with Gasteiger partial charge in [-0.05, 0) is 50.8 Å². The van der Waals surface area contributed by atoms with Crippen LogP contribution in [0.3, 0.4) is 0 Å². The number of hydrogen-bond acceptors (Lipinski definition) is 9. The first-order chi connectivity index (χ1) is 14.7. The number of aryl methyl sites for hydroxylation is 1. The van der Waals surface area contributed by atoms with Crippen molar-refractivity contribution in [1.29, 1.82) is 0 Å². The highest BCUT2D eigenvalue weighted by atomic mass is 35.5. The average molecular weight is 452 g/mol. The first-order valence-electron chi connectivity index (χ1n) is 9.94. The number of nitrogens with zero attached hydrogens (tertiary/aromatic N) is 5. The number of nitrogens with two attached hydrogens (primary N) is 1. The van der Waals surface area contributed by atoms with Crippen molar-refractivity contribution in [2.75, 3.05) is 18.9 Å². The summed E-state index contributed by atoms with van der Waals surface area (Å²) in [6.07, 6.45) is 1.01. The molecule has 0 saturated carbocycles. The zero-order valence-corrected chi connectivity index (χ0v) is 18.7. The summed E-state index contributed by atoms with van der Waals surface area (Å²) in [6.45, 7) is 8.92.